The van der Waals surface area contributed by atoms with Gasteiger partial charge in [-0.3, -0.25) is 0 Å². The lowest BCUT2D eigenvalue weighted by Gasteiger charge is -2.15. The van der Waals surface area contributed by atoms with Gasteiger partial charge in [-0.1, -0.05) is 26.0 Å². The SMILES string of the molecule is CS/C=C(\N)COc1ccc(Nc2ncnc3cccc(C(C)C)c23)cc1C. The predicted octanol–water partition coefficient (Wildman–Crippen LogP) is 5.35. The Kier molecular flexibility index (Phi) is 6.41. The Morgan fingerprint density at radius 1 is 1.25 bits per heavy atom. The molecule has 0 aliphatic rings. The maximum Gasteiger partial charge on any atom is 0.141 e. The van der Waals surface area contributed by atoms with Gasteiger partial charge in [0.25, 0.3) is 0 Å². The fraction of sp³-hybridized carbons (Fsp3) is 0.273. The van der Waals surface area contributed by atoms with Gasteiger partial charge in [-0.05, 0) is 59.9 Å². The van der Waals surface area contributed by atoms with Crippen LogP contribution in [0.25, 0.3) is 10.9 Å². The molecule has 6 heteroatoms. The molecule has 3 N–H and O–H groups in total. The number of anilines is 2. The molecule has 28 heavy (non-hydrogen) atoms. The lowest BCUT2D eigenvalue weighted by atomic mass is 9.98. The van der Waals surface area contributed by atoms with Crippen LogP contribution >= 0.6 is 11.8 Å². The van der Waals surface area contributed by atoms with Crippen molar-refractivity contribution in [2.45, 2.75) is 26.7 Å². The molecule has 0 fully saturated rings. The summed E-state index contributed by atoms with van der Waals surface area (Å²) >= 11 is 1.57. The second-order valence-corrected chi connectivity index (χ2v) is 7.65. The molecule has 1 heterocycles. The lowest BCUT2D eigenvalue weighted by molar-refractivity contribution is 0.348. The van der Waals surface area contributed by atoms with Gasteiger partial charge in [0.1, 0.15) is 24.5 Å². The van der Waals surface area contributed by atoms with Crippen LogP contribution in [-0.2, 0) is 0 Å². The van der Waals surface area contributed by atoms with Crippen molar-refractivity contribution in [3.8, 4) is 5.75 Å². The number of nitrogens with one attached hydrogen (secondary N) is 1. The zero-order chi connectivity index (χ0) is 20.1. The molecule has 0 spiro atoms. The highest BCUT2D eigenvalue weighted by Gasteiger charge is 2.12. The molecule has 0 saturated carbocycles. The quantitative estimate of drug-likeness (QED) is 0.563. The molecule has 1 aromatic heterocycles. The van der Waals surface area contributed by atoms with Crippen molar-refractivity contribution >= 4 is 34.2 Å². The highest BCUT2D eigenvalue weighted by atomic mass is 32.2. The minimum Gasteiger partial charge on any atom is -0.487 e. The van der Waals surface area contributed by atoms with Crippen LogP contribution in [0.15, 0.2) is 53.8 Å². The molecule has 0 bridgehead atoms. The molecule has 0 saturated heterocycles. The molecule has 0 amide bonds. The molecule has 3 aromatic rings. The number of hydrogen-bond donors (Lipinski definition) is 2. The Labute approximate surface area is 170 Å². The summed E-state index contributed by atoms with van der Waals surface area (Å²) in [6.45, 7) is 6.76. The fourth-order valence-corrected chi connectivity index (χ4v) is 3.46. The van der Waals surface area contributed by atoms with Crippen LogP contribution in [0.4, 0.5) is 11.5 Å². The van der Waals surface area contributed by atoms with E-state index in [1.165, 1.54) is 5.56 Å². The van der Waals surface area contributed by atoms with Crippen LogP contribution in [0.3, 0.4) is 0 Å². The third-order valence-electron chi connectivity index (χ3n) is 4.42. The first-order valence-corrected chi connectivity index (χ1v) is 10.5. The number of nitrogens with two attached hydrogens (primary N) is 1. The van der Waals surface area contributed by atoms with E-state index < -0.39 is 0 Å². The van der Waals surface area contributed by atoms with E-state index in [2.05, 4.69) is 41.3 Å². The number of rotatable bonds is 7. The van der Waals surface area contributed by atoms with Crippen LogP contribution in [-0.4, -0.2) is 22.8 Å². The highest BCUT2D eigenvalue weighted by molar-refractivity contribution is 8.01. The molecule has 0 unspecified atom stereocenters. The van der Waals surface area contributed by atoms with E-state index in [-0.39, 0.29) is 0 Å². The zero-order valence-corrected chi connectivity index (χ0v) is 17.5. The third kappa shape index (κ3) is 4.57. The van der Waals surface area contributed by atoms with Gasteiger partial charge in [-0.15, -0.1) is 11.8 Å². The van der Waals surface area contributed by atoms with Gasteiger partial charge in [-0.25, -0.2) is 9.97 Å². The van der Waals surface area contributed by atoms with Gasteiger partial charge >= 0.3 is 0 Å². The first-order chi connectivity index (χ1) is 13.5. The maximum absolute atomic E-state index is 5.89. The van der Waals surface area contributed by atoms with Gasteiger partial charge in [0.15, 0.2) is 0 Å². The van der Waals surface area contributed by atoms with E-state index in [0.717, 1.165) is 33.7 Å². The maximum atomic E-state index is 5.89. The summed E-state index contributed by atoms with van der Waals surface area (Å²) in [5.41, 5.74) is 10.8. The first-order valence-electron chi connectivity index (χ1n) is 9.21. The number of hydrogen-bond acceptors (Lipinski definition) is 6. The standard InChI is InChI=1S/C22H26N4OS/c1-14(2)18-6-5-7-19-21(18)22(25-13-24-19)26-17-8-9-20(15(3)10-17)27-11-16(23)12-28-4/h5-10,12-14H,11,23H2,1-4H3,(H,24,25,26)/b16-12-. The summed E-state index contributed by atoms with van der Waals surface area (Å²) in [5.74, 6) is 2.01. The molecule has 0 aliphatic heterocycles. The Morgan fingerprint density at radius 3 is 2.79 bits per heavy atom. The first kappa shape index (κ1) is 20.0. The molecule has 5 nitrogen and oxygen atoms in total. The summed E-state index contributed by atoms with van der Waals surface area (Å²) in [7, 11) is 0. The second-order valence-electron chi connectivity index (χ2n) is 6.94. The molecule has 2 aromatic carbocycles. The minimum atomic E-state index is 0.378. The van der Waals surface area contributed by atoms with Crippen LogP contribution in [0.2, 0.25) is 0 Å². The van der Waals surface area contributed by atoms with Crippen molar-refractivity contribution in [1.29, 1.82) is 0 Å². The minimum absolute atomic E-state index is 0.378. The topological polar surface area (TPSA) is 73.1 Å². The highest BCUT2D eigenvalue weighted by Crippen LogP contribution is 2.31. The largest absolute Gasteiger partial charge is 0.487 e. The van der Waals surface area contributed by atoms with Gasteiger partial charge in [-0.2, -0.15) is 0 Å². The summed E-state index contributed by atoms with van der Waals surface area (Å²) in [6, 6.07) is 12.2. The Balaban J connectivity index is 1.87. The Hall–Kier alpha value is -2.73. The fourth-order valence-electron chi connectivity index (χ4n) is 3.08. The van der Waals surface area contributed by atoms with Gasteiger partial charge in [0.05, 0.1) is 11.2 Å². The number of aryl methyl sites for hydroxylation is 1. The summed E-state index contributed by atoms with van der Waals surface area (Å²) < 4.78 is 5.82. The molecule has 3 rings (SSSR count). The Morgan fingerprint density at radius 2 is 2.07 bits per heavy atom. The van der Waals surface area contributed by atoms with Crippen LogP contribution in [0.5, 0.6) is 5.75 Å². The van der Waals surface area contributed by atoms with Crippen molar-refractivity contribution in [3.63, 3.8) is 0 Å². The van der Waals surface area contributed by atoms with Crippen molar-refractivity contribution < 1.29 is 4.74 Å². The molecule has 146 valence electrons. The summed E-state index contributed by atoms with van der Waals surface area (Å²) in [5, 5.41) is 6.40. The third-order valence-corrected chi connectivity index (χ3v) is 4.96. The molecule has 0 radical (unpaired) electrons. The smallest absolute Gasteiger partial charge is 0.141 e. The number of nitrogens with zero attached hydrogens (tertiary/aromatic N) is 2. The van der Waals surface area contributed by atoms with Crippen molar-refractivity contribution in [2.75, 3.05) is 18.2 Å². The number of fused-ring (bicyclic) bond motifs is 1. The molecule has 0 atom stereocenters. The van der Waals surface area contributed by atoms with Gasteiger partial charge in [0.2, 0.25) is 0 Å². The zero-order valence-electron chi connectivity index (χ0n) is 16.7. The number of ether oxygens (including phenoxy) is 1. The number of aromatic nitrogens is 2. The normalized spacial score (nSPS) is 11.8. The molecule has 0 aliphatic carbocycles. The van der Waals surface area contributed by atoms with Crippen LogP contribution < -0.4 is 15.8 Å². The number of thioether (sulfide) groups is 1. The van der Waals surface area contributed by atoms with Crippen molar-refractivity contribution in [3.05, 3.63) is 65.0 Å². The van der Waals surface area contributed by atoms with Crippen LogP contribution in [0.1, 0.15) is 30.9 Å². The van der Waals surface area contributed by atoms with E-state index in [1.807, 2.05) is 42.9 Å². The summed E-state index contributed by atoms with van der Waals surface area (Å²) in [6.07, 6.45) is 3.57. The van der Waals surface area contributed by atoms with E-state index >= 15 is 0 Å². The second kappa shape index (κ2) is 8.97. The Bertz CT molecular complexity index is 996. The van der Waals surface area contributed by atoms with E-state index in [0.29, 0.717) is 18.2 Å². The summed E-state index contributed by atoms with van der Waals surface area (Å²) in [4.78, 5) is 8.92. The van der Waals surface area contributed by atoms with Gasteiger partial charge in [0, 0.05) is 11.1 Å². The van der Waals surface area contributed by atoms with Crippen LogP contribution in [0, 0.1) is 6.92 Å². The average molecular weight is 395 g/mol. The van der Waals surface area contributed by atoms with Gasteiger partial charge < -0.3 is 15.8 Å². The molecular weight excluding hydrogens is 368 g/mol. The van der Waals surface area contributed by atoms with E-state index in [1.54, 1.807) is 18.1 Å². The molecular formula is C22H26N4OS. The lowest BCUT2D eigenvalue weighted by Crippen LogP contribution is -2.09. The predicted molar refractivity (Wildman–Crippen MR) is 119 cm³/mol. The van der Waals surface area contributed by atoms with E-state index in [9.17, 15) is 0 Å². The average Bonchev–Trinajstić information content (AvgIpc) is 2.67. The number of benzene rings is 2. The van der Waals surface area contributed by atoms with Crippen molar-refractivity contribution in [2.24, 2.45) is 5.73 Å². The van der Waals surface area contributed by atoms with E-state index in [4.69, 9.17) is 10.5 Å². The monoisotopic (exact) mass is 394 g/mol. The van der Waals surface area contributed by atoms with Crippen molar-refractivity contribution in [1.82, 2.24) is 9.97 Å².